The monoisotopic (exact) mass is 372 g/mol. The van der Waals surface area contributed by atoms with E-state index in [4.69, 9.17) is 0 Å². The lowest BCUT2D eigenvalue weighted by Crippen LogP contribution is -2.40. The number of aromatic nitrogens is 3. The number of nitrogens with one attached hydrogen (secondary N) is 1. The highest BCUT2D eigenvalue weighted by Crippen LogP contribution is 2.28. The summed E-state index contributed by atoms with van der Waals surface area (Å²) in [6.07, 6.45) is 5.93. The van der Waals surface area contributed by atoms with Crippen LogP contribution < -0.4 is 5.32 Å². The molecular weight excluding hydrogens is 344 g/mol. The maximum absolute atomic E-state index is 12.6. The number of carbonyl (C=O) groups is 1. The number of nitrogens with zero attached hydrogens (tertiary/aromatic N) is 3. The number of carbonyl (C=O) groups excluding carboxylic acids is 1. The van der Waals surface area contributed by atoms with Crippen molar-refractivity contribution in [2.75, 3.05) is 0 Å². The second-order valence-corrected chi connectivity index (χ2v) is 8.28. The van der Waals surface area contributed by atoms with E-state index in [1.54, 1.807) is 0 Å². The van der Waals surface area contributed by atoms with Crippen molar-refractivity contribution < 1.29 is 4.79 Å². The van der Waals surface area contributed by atoms with Gasteiger partial charge >= 0.3 is 0 Å². The minimum atomic E-state index is -0.184. The smallest absolute Gasteiger partial charge is 0.233 e. The van der Waals surface area contributed by atoms with Crippen molar-refractivity contribution in [3.63, 3.8) is 0 Å². The lowest BCUT2D eigenvalue weighted by Gasteiger charge is -2.24. The zero-order valence-electron chi connectivity index (χ0n) is 15.9. The summed E-state index contributed by atoms with van der Waals surface area (Å²) < 4.78 is 2.09. The van der Waals surface area contributed by atoms with E-state index in [1.165, 1.54) is 36.6 Å². The van der Waals surface area contributed by atoms with Crippen molar-refractivity contribution in [2.45, 2.75) is 75.9 Å². The third-order valence-electron chi connectivity index (χ3n) is 5.02. The van der Waals surface area contributed by atoms with E-state index in [2.05, 4.69) is 46.1 Å². The van der Waals surface area contributed by atoms with Crippen molar-refractivity contribution in [1.29, 1.82) is 0 Å². The average Bonchev–Trinajstić information content (AvgIpc) is 3.05. The molecule has 5 nitrogen and oxygen atoms in total. The van der Waals surface area contributed by atoms with Crippen LogP contribution in [0.25, 0.3) is 11.4 Å². The van der Waals surface area contributed by atoms with E-state index in [-0.39, 0.29) is 11.2 Å². The summed E-state index contributed by atoms with van der Waals surface area (Å²) in [6.45, 7) is 6.89. The molecule has 1 aliphatic carbocycles. The van der Waals surface area contributed by atoms with E-state index in [0.717, 1.165) is 35.9 Å². The second kappa shape index (κ2) is 8.71. The molecule has 0 radical (unpaired) electrons. The first-order valence-electron chi connectivity index (χ1n) is 9.56. The van der Waals surface area contributed by atoms with Gasteiger partial charge in [0, 0.05) is 18.2 Å². The molecule has 26 heavy (non-hydrogen) atoms. The van der Waals surface area contributed by atoms with Crippen molar-refractivity contribution in [1.82, 2.24) is 20.1 Å². The summed E-state index contributed by atoms with van der Waals surface area (Å²) in [5.41, 5.74) is 2.27. The maximum atomic E-state index is 12.6. The first kappa shape index (κ1) is 19.0. The van der Waals surface area contributed by atoms with Crippen LogP contribution in [-0.2, 0) is 11.3 Å². The quantitative estimate of drug-likeness (QED) is 0.772. The molecule has 1 atom stereocenters. The molecule has 1 aromatic carbocycles. The number of benzene rings is 1. The Bertz CT molecular complexity index is 752. The summed E-state index contributed by atoms with van der Waals surface area (Å²) >= 11 is 1.49. The topological polar surface area (TPSA) is 59.8 Å². The Balaban J connectivity index is 1.71. The zero-order valence-corrected chi connectivity index (χ0v) is 16.7. The van der Waals surface area contributed by atoms with Crippen molar-refractivity contribution in [3.05, 3.63) is 29.8 Å². The third kappa shape index (κ3) is 4.29. The van der Waals surface area contributed by atoms with E-state index in [1.807, 2.05) is 19.1 Å². The van der Waals surface area contributed by atoms with Crippen LogP contribution in [-0.4, -0.2) is 32.0 Å². The minimum absolute atomic E-state index is 0.102. The van der Waals surface area contributed by atoms with Gasteiger partial charge in [0.1, 0.15) is 0 Å². The van der Waals surface area contributed by atoms with Gasteiger partial charge < -0.3 is 9.88 Å². The van der Waals surface area contributed by atoms with Crippen LogP contribution in [0.1, 0.15) is 51.5 Å². The Kier molecular flexibility index (Phi) is 6.35. The minimum Gasteiger partial charge on any atom is -0.352 e. The molecular formula is C20H28N4OS. The molecule has 1 unspecified atom stereocenters. The maximum Gasteiger partial charge on any atom is 0.233 e. The highest BCUT2D eigenvalue weighted by atomic mass is 32.2. The summed E-state index contributed by atoms with van der Waals surface area (Å²) in [7, 11) is 0. The van der Waals surface area contributed by atoms with E-state index in [9.17, 15) is 4.79 Å². The molecule has 1 fully saturated rings. The van der Waals surface area contributed by atoms with Gasteiger partial charge in [-0.1, -0.05) is 55.3 Å². The Labute approximate surface area is 160 Å². The number of aryl methyl sites for hydroxylation is 1. The predicted molar refractivity (Wildman–Crippen MR) is 106 cm³/mol. The summed E-state index contributed by atoms with van der Waals surface area (Å²) in [5, 5.41) is 12.6. The fourth-order valence-corrected chi connectivity index (χ4v) is 4.38. The molecule has 1 N–H and O–H groups in total. The molecule has 1 aliphatic rings. The Morgan fingerprint density at radius 2 is 2.00 bits per heavy atom. The molecule has 3 rings (SSSR count). The van der Waals surface area contributed by atoms with E-state index < -0.39 is 0 Å². The normalized spacial score (nSPS) is 16.4. The lowest BCUT2D eigenvalue weighted by atomic mass is 9.95. The second-order valence-electron chi connectivity index (χ2n) is 6.97. The molecule has 140 valence electrons. The molecule has 1 aromatic heterocycles. The van der Waals surface area contributed by atoms with Gasteiger partial charge in [-0.3, -0.25) is 4.79 Å². The highest BCUT2D eigenvalue weighted by Gasteiger charge is 2.23. The zero-order chi connectivity index (χ0) is 18.5. The molecule has 0 spiro atoms. The van der Waals surface area contributed by atoms with Crippen molar-refractivity contribution in [2.24, 2.45) is 0 Å². The fraction of sp³-hybridized carbons (Fsp3) is 0.550. The van der Waals surface area contributed by atoms with Gasteiger partial charge in [0.05, 0.1) is 5.25 Å². The highest BCUT2D eigenvalue weighted by molar-refractivity contribution is 8.00. The van der Waals surface area contributed by atoms with Gasteiger partial charge in [0.15, 0.2) is 11.0 Å². The first-order valence-corrected chi connectivity index (χ1v) is 10.4. The van der Waals surface area contributed by atoms with Gasteiger partial charge in [0.25, 0.3) is 0 Å². The van der Waals surface area contributed by atoms with Crippen LogP contribution in [0.3, 0.4) is 0 Å². The van der Waals surface area contributed by atoms with Gasteiger partial charge in [0.2, 0.25) is 5.91 Å². The SMILES string of the molecule is CCn1c(SC(C)C(=O)NC2CCCCC2)nnc1-c1ccccc1C. The van der Waals surface area contributed by atoms with Gasteiger partial charge in [-0.15, -0.1) is 10.2 Å². The molecule has 1 saturated carbocycles. The van der Waals surface area contributed by atoms with Crippen LogP contribution in [0.2, 0.25) is 0 Å². The standard InChI is InChI=1S/C20H28N4OS/c1-4-24-18(17-13-9-8-10-14(17)2)22-23-20(24)26-15(3)19(25)21-16-11-6-5-7-12-16/h8-10,13,15-16H,4-7,11-12H2,1-3H3,(H,21,25). The molecule has 6 heteroatoms. The molecule has 2 aromatic rings. The summed E-state index contributed by atoms with van der Waals surface area (Å²) in [5.74, 6) is 0.970. The number of hydrogen-bond donors (Lipinski definition) is 1. The van der Waals surface area contributed by atoms with Crippen LogP contribution >= 0.6 is 11.8 Å². The van der Waals surface area contributed by atoms with Gasteiger partial charge in [-0.05, 0) is 39.2 Å². The number of hydrogen-bond acceptors (Lipinski definition) is 4. The molecule has 1 heterocycles. The largest absolute Gasteiger partial charge is 0.352 e. The van der Waals surface area contributed by atoms with Gasteiger partial charge in [-0.25, -0.2) is 0 Å². The summed E-state index contributed by atoms with van der Waals surface area (Å²) in [4.78, 5) is 12.6. The van der Waals surface area contributed by atoms with Crippen LogP contribution in [0.15, 0.2) is 29.4 Å². The van der Waals surface area contributed by atoms with Gasteiger partial charge in [-0.2, -0.15) is 0 Å². The fourth-order valence-electron chi connectivity index (χ4n) is 3.46. The van der Waals surface area contributed by atoms with Crippen LogP contribution in [0, 0.1) is 6.92 Å². The average molecular weight is 373 g/mol. The number of thioether (sulfide) groups is 1. The first-order chi connectivity index (χ1) is 12.6. The van der Waals surface area contributed by atoms with Crippen LogP contribution in [0.4, 0.5) is 0 Å². The molecule has 1 amide bonds. The Morgan fingerprint density at radius 3 is 2.69 bits per heavy atom. The number of rotatable bonds is 6. The van der Waals surface area contributed by atoms with Crippen molar-refractivity contribution >= 4 is 17.7 Å². The predicted octanol–water partition coefficient (Wildman–Crippen LogP) is 4.20. The Hall–Kier alpha value is -1.82. The number of amides is 1. The lowest BCUT2D eigenvalue weighted by molar-refractivity contribution is -0.121. The molecule has 0 aliphatic heterocycles. The summed E-state index contributed by atoms with van der Waals surface area (Å²) in [6, 6.07) is 8.53. The third-order valence-corrected chi connectivity index (χ3v) is 6.10. The van der Waals surface area contributed by atoms with Crippen molar-refractivity contribution in [3.8, 4) is 11.4 Å². The Morgan fingerprint density at radius 1 is 1.27 bits per heavy atom. The molecule has 0 bridgehead atoms. The van der Waals surface area contributed by atoms with E-state index >= 15 is 0 Å². The van der Waals surface area contributed by atoms with E-state index in [0.29, 0.717) is 6.04 Å². The van der Waals surface area contributed by atoms with Crippen LogP contribution in [0.5, 0.6) is 0 Å². The molecule has 0 saturated heterocycles.